The molecule has 3 aromatic rings. The summed E-state index contributed by atoms with van der Waals surface area (Å²) in [7, 11) is -3.09. The van der Waals surface area contributed by atoms with Crippen LogP contribution >= 0.6 is 0 Å². The first-order chi connectivity index (χ1) is 16.2. The molecule has 34 heavy (non-hydrogen) atoms. The van der Waals surface area contributed by atoms with E-state index in [1.54, 1.807) is 41.3 Å². The van der Waals surface area contributed by atoms with Gasteiger partial charge in [0.05, 0.1) is 5.75 Å². The summed E-state index contributed by atoms with van der Waals surface area (Å²) in [6.07, 6.45) is 1.15. The normalized spacial score (nSPS) is 16.0. The van der Waals surface area contributed by atoms with E-state index in [2.05, 4.69) is 0 Å². The Morgan fingerprint density at radius 3 is 2.26 bits per heavy atom. The van der Waals surface area contributed by atoms with Gasteiger partial charge >= 0.3 is 0 Å². The number of anilines is 1. The Bertz CT molecular complexity index is 1270. The summed E-state index contributed by atoms with van der Waals surface area (Å²) < 4.78 is 47.2. The molecule has 0 aromatic heterocycles. The number of aryl methyl sites for hydroxylation is 1. The molecule has 0 bridgehead atoms. The number of rotatable bonds is 8. The smallest absolute Gasteiger partial charge is 0.268 e. The van der Waals surface area contributed by atoms with Gasteiger partial charge in [-0.3, -0.25) is 4.79 Å². The predicted molar refractivity (Wildman–Crippen MR) is 130 cm³/mol. The van der Waals surface area contributed by atoms with Gasteiger partial charge in [0.15, 0.2) is 15.9 Å². The maximum absolute atomic E-state index is 13.1. The molecule has 1 unspecified atom stereocenters. The van der Waals surface area contributed by atoms with Crippen LogP contribution in [-0.2, 0) is 14.6 Å². The second-order valence-electron chi connectivity index (χ2n) is 8.34. The molecular formula is C26H26FNO5S. The van der Waals surface area contributed by atoms with E-state index < -0.39 is 15.9 Å². The molecule has 0 aliphatic carbocycles. The van der Waals surface area contributed by atoms with E-state index in [0.29, 0.717) is 24.5 Å². The molecule has 1 heterocycles. The number of hydrogen-bond donors (Lipinski definition) is 0. The first kappa shape index (κ1) is 23.8. The molecule has 0 spiro atoms. The number of carbonyl (C=O) groups excluding carboxylic acids is 1. The van der Waals surface area contributed by atoms with Crippen molar-refractivity contribution in [3.05, 3.63) is 78.1 Å². The second-order valence-corrected chi connectivity index (χ2v) is 10.6. The van der Waals surface area contributed by atoms with Gasteiger partial charge < -0.3 is 14.4 Å². The van der Waals surface area contributed by atoms with Crippen LogP contribution in [0.3, 0.4) is 0 Å². The molecule has 1 amide bonds. The molecule has 0 N–H and O–H groups in total. The lowest BCUT2D eigenvalue weighted by molar-refractivity contribution is -0.122. The minimum absolute atomic E-state index is 0.0529. The van der Waals surface area contributed by atoms with E-state index in [1.165, 1.54) is 18.4 Å². The zero-order valence-corrected chi connectivity index (χ0v) is 19.8. The highest BCUT2D eigenvalue weighted by Gasteiger charge is 2.34. The Labute approximate surface area is 198 Å². The van der Waals surface area contributed by atoms with Gasteiger partial charge in [-0.2, -0.15) is 0 Å². The highest BCUT2D eigenvalue weighted by atomic mass is 32.2. The summed E-state index contributed by atoms with van der Waals surface area (Å²) in [5.41, 5.74) is 3.39. The van der Waals surface area contributed by atoms with Gasteiger partial charge in [0.2, 0.25) is 0 Å². The van der Waals surface area contributed by atoms with Crippen LogP contribution in [0.25, 0.3) is 11.1 Å². The van der Waals surface area contributed by atoms with E-state index in [0.717, 1.165) is 22.4 Å². The monoisotopic (exact) mass is 483 g/mol. The average Bonchev–Trinajstić information content (AvgIpc) is 3.15. The number of ether oxygens (including phenoxy) is 2. The van der Waals surface area contributed by atoms with Crippen LogP contribution in [-0.4, -0.2) is 45.6 Å². The molecule has 0 saturated carbocycles. The summed E-state index contributed by atoms with van der Waals surface area (Å²) in [6.45, 7) is 2.47. The van der Waals surface area contributed by atoms with Crippen molar-refractivity contribution in [1.29, 1.82) is 0 Å². The fourth-order valence-electron chi connectivity index (χ4n) is 3.82. The molecule has 1 saturated heterocycles. The zero-order chi connectivity index (χ0) is 24.3. The van der Waals surface area contributed by atoms with Gasteiger partial charge in [0.1, 0.15) is 23.9 Å². The molecule has 0 radical (unpaired) electrons. The van der Waals surface area contributed by atoms with E-state index in [4.69, 9.17) is 9.47 Å². The van der Waals surface area contributed by atoms with Crippen molar-refractivity contribution >= 4 is 21.4 Å². The fraction of sp³-hybridized carbons (Fsp3) is 0.269. The van der Waals surface area contributed by atoms with Gasteiger partial charge in [0.25, 0.3) is 5.91 Å². The maximum atomic E-state index is 13.1. The molecule has 1 aliphatic heterocycles. The molecule has 1 atom stereocenters. The molecule has 4 rings (SSSR count). The highest BCUT2D eigenvalue weighted by molar-refractivity contribution is 7.90. The van der Waals surface area contributed by atoms with Crippen LogP contribution in [0.2, 0.25) is 0 Å². The summed E-state index contributed by atoms with van der Waals surface area (Å²) in [5.74, 6) is 0.734. The van der Waals surface area contributed by atoms with Crippen molar-refractivity contribution in [3.8, 4) is 22.6 Å². The van der Waals surface area contributed by atoms with Gasteiger partial charge in [0, 0.05) is 24.9 Å². The standard InChI is InChI=1S/C26H26FNO5S/c1-18-17-22(9-12-24(18)32-15-16-34(2,30)31)28-14-13-25(26(28)29)33-23-10-5-20(6-11-23)19-3-7-21(27)8-4-19/h3-12,17,25H,13-16H2,1-2H3. The maximum Gasteiger partial charge on any atom is 0.268 e. The third kappa shape index (κ3) is 5.75. The van der Waals surface area contributed by atoms with Crippen LogP contribution in [0.5, 0.6) is 11.5 Å². The highest BCUT2D eigenvalue weighted by Crippen LogP contribution is 2.30. The second kappa shape index (κ2) is 9.85. The van der Waals surface area contributed by atoms with Crippen LogP contribution in [0, 0.1) is 12.7 Å². The fourth-order valence-corrected chi connectivity index (χ4v) is 4.20. The Balaban J connectivity index is 1.38. The predicted octanol–water partition coefficient (Wildman–Crippen LogP) is 4.41. The Hall–Kier alpha value is -3.39. The lowest BCUT2D eigenvalue weighted by Gasteiger charge is -2.19. The minimum atomic E-state index is -3.09. The molecule has 6 nitrogen and oxygen atoms in total. The number of hydrogen-bond acceptors (Lipinski definition) is 5. The number of halogens is 1. The number of benzene rings is 3. The largest absolute Gasteiger partial charge is 0.492 e. The summed E-state index contributed by atoms with van der Waals surface area (Å²) in [6, 6.07) is 19.0. The lowest BCUT2D eigenvalue weighted by atomic mass is 10.1. The Kier molecular flexibility index (Phi) is 6.88. The molecule has 178 valence electrons. The summed E-state index contributed by atoms with van der Waals surface area (Å²) >= 11 is 0. The van der Waals surface area contributed by atoms with Gasteiger partial charge in [-0.15, -0.1) is 0 Å². The Morgan fingerprint density at radius 1 is 1.00 bits per heavy atom. The SMILES string of the molecule is Cc1cc(N2CCC(Oc3ccc(-c4ccc(F)cc4)cc3)C2=O)ccc1OCCS(C)(=O)=O. The minimum Gasteiger partial charge on any atom is -0.492 e. The average molecular weight is 484 g/mol. The van der Waals surface area contributed by atoms with Crippen molar-refractivity contribution < 1.29 is 27.1 Å². The first-order valence-electron chi connectivity index (χ1n) is 10.9. The van der Waals surface area contributed by atoms with Crippen LogP contribution in [0.4, 0.5) is 10.1 Å². The quantitative estimate of drug-likeness (QED) is 0.475. The molecule has 1 aliphatic rings. The van der Waals surface area contributed by atoms with Crippen LogP contribution in [0.15, 0.2) is 66.7 Å². The number of sulfone groups is 1. The zero-order valence-electron chi connectivity index (χ0n) is 19.0. The molecule has 3 aromatic carbocycles. The van der Waals surface area contributed by atoms with Crippen LogP contribution in [0.1, 0.15) is 12.0 Å². The molecule has 8 heteroatoms. The van der Waals surface area contributed by atoms with E-state index in [-0.39, 0.29) is 24.1 Å². The van der Waals surface area contributed by atoms with E-state index >= 15 is 0 Å². The van der Waals surface area contributed by atoms with Crippen molar-refractivity contribution in [2.24, 2.45) is 0 Å². The van der Waals surface area contributed by atoms with Gasteiger partial charge in [-0.1, -0.05) is 24.3 Å². The van der Waals surface area contributed by atoms with Gasteiger partial charge in [-0.05, 0) is 66.1 Å². The molecular weight excluding hydrogens is 457 g/mol. The third-order valence-corrected chi connectivity index (χ3v) is 6.56. The van der Waals surface area contributed by atoms with E-state index in [9.17, 15) is 17.6 Å². The van der Waals surface area contributed by atoms with Crippen molar-refractivity contribution in [2.45, 2.75) is 19.4 Å². The van der Waals surface area contributed by atoms with Crippen molar-refractivity contribution in [2.75, 3.05) is 30.1 Å². The number of amides is 1. The lowest BCUT2D eigenvalue weighted by Crippen LogP contribution is -2.32. The van der Waals surface area contributed by atoms with Crippen molar-refractivity contribution in [3.63, 3.8) is 0 Å². The Morgan fingerprint density at radius 2 is 1.65 bits per heavy atom. The van der Waals surface area contributed by atoms with Crippen LogP contribution < -0.4 is 14.4 Å². The van der Waals surface area contributed by atoms with Crippen molar-refractivity contribution in [1.82, 2.24) is 0 Å². The molecule has 1 fully saturated rings. The van der Waals surface area contributed by atoms with E-state index in [1.807, 2.05) is 25.1 Å². The van der Waals surface area contributed by atoms with Gasteiger partial charge in [-0.25, -0.2) is 12.8 Å². The number of carbonyl (C=O) groups is 1. The summed E-state index contributed by atoms with van der Waals surface area (Å²) in [5, 5.41) is 0. The third-order valence-electron chi connectivity index (χ3n) is 5.65. The number of nitrogens with zero attached hydrogens (tertiary/aromatic N) is 1. The topological polar surface area (TPSA) is 72.9 Å². The first-order valence-corrected chi connectivity index (χ1v) is 13.0. The summed E-state index contributed by atoms with van der Waals surface area (Å²) in [4.78, 5) is 14.7.